The molecule has 80 valence electrons. The predicted octanol–water partition coefficient (Wildman–Crippen LogP) is 2.72. The van der Waals surface area contributed by atoms with E-state index in [2.05, 4.69) is 19.9 Å². The second kappa shape index (κ2) is 3.55. The van der Waals surface area contributed by atoms with Gasteiger partial charge in [-0.15, -0.1) is 0 Å². The van der Waals surface area contributed by atoms with Crippen LogP contribution in [0, 0.1) is 28.6 Å². The van der Waals surface area contributed by atoms with Gasteiger partial charge in [-0.25, -0.2) is 0 Å². The maximum atomic E-state index is 10.5. The van der Waals surface area contributed by atoms with Gasteiger partial charge in [-0.05, 0) is 44.9 Å². The molecule has 0 spiro atoms. The molecule has 0 bridgehead atoms. The summed E-state index contributed by atoms with van der Waals surface area (Å²) in [4.78, 5) is 0. The third-order valence-corrected chi connectivity index (χ3v) is 4.09. The molecule has 1 aliphatic rings. The smallest absolute Gasteiger partial charge is 0.0830 e. The molecule has 0 radical (unpaired) electrons. The number of aliphatic hydroxyl groups is 1. The van der Waals surface area contributed by atoms with Crippen molar-refractivity contribution in [1.82, 2.24) is 0 Å². The Bertz CT molecular complexity index is 254. The summed E-state index contributed by atoms with van der Waals surface area (Å²) in [5.74, 6) is 1.19. The van der Waals surface area contributed by atoms with Crippen LogP contribution in [0.3, 0.4) is 0 Å². The molecule has 14 heavy (non-hydrogen) atoms. The van der Waals surface area contributed by atoms with Crippen molar-refractivity contribution >= 4 is 0 Å². The van der Waals surface area contributed by atoms with Gasteiger partial charge in [-0.2, -0.15) is 5.26 Å². The van der Waals surface area contributed by atoms with E-state index in [1.54, 1.807) is 0 Å². The van der Waals surface area contributed by atoms with Crippen molar-refractivity contribution in [3.05, 3.63) is 0 Å². The fraction of sp³-hybridized carbons (Fsp3) is 0.917. The molecule has 0 amide bonds. The van der Waals surface area contributed by atoms with Crippen molar-refractivity contribution in [3.8, 4) is 6.07 Å². The van der Waals surface area contributed by atoms with Crippen LogP contribution in [-0.4, -0.2) is 10.7 Å². The van der Waals surface area contributed by atoms with E-state index >= 15 is 0 Å². The van der Waals surface area contributed by atoms with Gasteiger partial charge in [0.05, 0.1) is 17.1 Å². The fourth-order valence-electron chi connectivity index (χ4n) is 2.26. The van der Waals surface area contributed by atoms with Crippen molar-refractivity contribution in [2.24, 2.45) is 17.3 Å². The van der Waals surface area contributed by atoms with Crippen molar-refractivity contribution in [2.75, 3.05) is 0 Å². The first-order valence-corrected chi connectivity index (χ1v) is 5.46. The number of hydrogen-bond acceptors (Lipinski definition) is 2. The minimum atomic E-state index is -0.784. The maximum absolute atomic E-state index is 10.5. The van der Waals surface area contributed by atoms with Crippen molar-refractivity contribution in [1.29, 1.82) is 5.26 Å². The Balaban J connectivity index is 2.83. The van der Waals surface area contributed by atoms with Crippen LogP contribution in [0.5, 0.6) is 0 Å². The standard InChI is InChI=1S/C12H21NO/c1-9-5-6-12(14,7-10(9)2)11(3,4)8-13/h9-10,14H,5-7H2,1-4H3. The van der Waals surface area contributed by atoms with E-state index < -0.39 is 11.0 Å². The minimum absolute atomic E-state index is 0.515. The van der Waals surface area contributed by atoms with Crippen LogP contribution in [0.4, 0.5) is 0 Å². The lowest BCUT2D eigenvalue weighted by molar-refractivity contribution is -0.0910. The summed E-state index contributed by atoms with van der Waals surface area (Å²) in [6.45, 7) is 8.08. The molecule has 1 N–H and O–H groups in total. The Morgan fingerprint density at radius 3 is 2.36 bits per heavy atom. The second-order valence-corrected chi connectivity index (χ2v) is 5.47. The summed E-state index contributed by atoms with van der Waals surface area (Å²) in [5, 5.41) is 19.5. The number of rotatable bonds is 1. The fourth-order valence-corrected chi connectivity index (χ4v) is 2.26. The van der Waals surface area contributed by atoms with Crippen LogP contribution in [0.1, 0.15) is 47.0 Å². The van der Waals surface area contributed by atoms with E-state index in [1.165, 1.54) is 0 Å². The van der Waals surface area contributed by atoms with E-state index in [9.17, 15) is 5.11 Å². The SMILES string of the molecule is CC1CCC(O)(C(C)(C)C#N)CC1C. The number of nitriles is 1. The molecule has 1 rings (SSSR count). The summed E-state index contributed by atoms with van der Waals surface area (Å²) in [6, 6.07) is 2.24. The lowest BCUT2D eigenvalue weighted by atomic mass is 9.63. The van der Waals surface area contributed by atoms with E-state index in [0.29, 0.717) is 11.8 Å². The zero-order valence-electron chi connectivity index (χ0n) is 9.67. The van der Waals surface area contributed by atoms with Crippen molar-refractivity contribution < 1.29 is 5.11 Å². The van der Waals surface area contributed by atoms with Gasteiger partial charge in [0.2, 0.25) is 0 Å². The average Bonchev–Trinajstić information content (AvgIpc) is 2.12. The van der Waals surface area contributed by atoms with Crippen LogP contribution in [-0.2, 0) is 0 Å². The molecule has 1 saturated carbocycles. The lowest BCUT2D eigenvalue weighted by Crippen LogP contribution is -2.48. The van der Waals surface area contributed by atoms with Gasteiger partial charge >= 0.3 is 0 Å². The molecule has 0 heterocycles. The van der Waals surface area contributed by atoms with E-state index in [-0.39, 0.29) is 0 Å². The molecular formula is C12H21NO. The summed E-state index contributed by atoms with van der Waals surface area (Å²) in [7, 11) is 0. The number of hydrogen-bond donors (Lipinski definition) is 1. The molecule has 0 aromatic rings. The molecule has 3 atom stereocenters. The largest absolute Gasteiger partial charge is 0.388 e. The first kappa shape index (κ1) is 11.5. The van der Waals surface area contributed by atoms with Gasteiger partial charge in [0.1, 0.15) is 0 Å². The van der Waals surface area contributed by atoms with E-state index in [4.69, 9.17) is 5.26 Å². The summed E-state index contributed by atoms with van der Waals surface area (Å²) in [6.07, 6.45) is 2.55. The Morgan fingerprint density at radius 2 is 1.93 bits per heavy atom. The van der Waals surface area contributed by atoms with Crippen LogP contribution >= 0.6 is 0 Å². The highest BCUT2D eigenvalue weighted by atomic mass is 16.3. The normalized spacial score (nSPS) is 39.1. The first-order chi connectivity index (χ1) is 6.32. The minimum Gasteiger partial charge on any atom is -0.388 e. The van der Waals surface area contributed by atoms with Gasteiger partial charge in [0, 0.05) is 0 Å². The summed E-state index contributed by atoms with van der Waals surface area (Å²) >= 11 is 0. The van der Waals surface area contributed by atoms with Crippen LogP contribution in [0.15, 0.2) is 0 Å². The molecule has 2 nitrogen and oxygen atoms in total. The van der Waals surface area contributed by atoms with Gasteiger partial charge < -0.3 is 5.11 Å². The lowest BCUT2D eigenvalue weighted by Gasteiger charge is -2.45. The van der Waals surface area contributed by atoms with Crippen molar-refractivity contribution in [3.63, 3.8) is 0 Å². The Kier molecular flexibility index (Phi) is 2.92. The monoisotopic (exact) mass is 195 g/mol. The van der Waals surface area contributed by atoms with Gasteiger partial charge in [0.25, 0.3) is 0 Å². The molecule has 2 heteroatoms. The van der Waals surface area contributed by atoms with Crippen LogP contribution in [0.2, 0.25) is 0 Å². The Hall–Kier alpha value is -0.550. The molecule has 1 aliphatic carbocycles. The third kappa shape index (κ3) is 1.79. The third-order valence-electron chi connectivity index (χ3n) is 4.09. The highest BCUT2D eigenvalue weighted by molar-refractivity contribution is 5.08. The highest BCUT2D eigenvalue weighted by Gasteiger charge is 2.47. The Labute approximate surface area is 86.9 Å². The zero-order valence-corrected chi connectivity index (χ0v) is 9.67. The molecule has 1 fully saturated rings. The molecular weight excluding hydrogens is 174 g/mol. The average molecular weight is 195 g/mol. The molecule has 0 aliphatic heterocycles. The van der Waals surface area contributed by atoms with E-state index in [1.807, 2.05) is 13.8 Å². The number of nitrogens with zero attached hydrogens (tertiary/aromatic N) is 1. The van der Waals surface area contributed by atoms with Crippen LogP contribution < -0.4 is 0 Å². The topological polar surface area (TPSA) is 44.0 Å². The quantitative estimate of drug-likeness (QED) is 0.699. The predicted molar refractivity (Wildman–Crippen MR) is 56.5 cm³/mol. The second-order valence-electron chi connectivity index (χ2n) is 5.47. The summed E-state index contributed by atoms with van der Waals surface area (Å²) in [5.41, 5.74) is -1.41. The molecule has 0 aromatic heterocycles. The van der Waals surface area contributed by atoms with Crippen molar-refractivity contribution in [2.45, 2.75) is 52.6 Å². The van der Waals surface area contributed by atoms with Gasteiger partial charge in [-0.3, -0.25) is 0 Å². The molecule has 3 unspecified atom stereocenters. The summed E-state index contributed by atoms with van der Waals surface area (Å²) < 4.78 is 0. The maximum Gasteiger partial charge on any atom is 0.0830 e. The zero-order chi connectivity index (χ0) is 11.0. The van der Waals surface area contributed by atoms with Crippen LogP contribution in [0.25, 0.3) is 0 Å². The Morgan fingerprint density at radius 1 is 1.36 bits per heavy atom. The van der Waals surface area contributed by atoms with Gasteiger partial charge in [-0.1, -0.05) is 13.8 Å². The highest BCUT2D eigenvalue weighted by Crippen LogP contribution is 2.45. The first-order valence-electron chi connectivity index (χ1n) is 5.46. The molecule has 0 saturated heterocycles. The van der Waals surface area contributed by atoms with E-state index in [0.717, 1.165) is 19.3 Å². The molecule has 0 aromatic carbocycles. The van der Waals surface area contributed by atoms with Gasteiger partial charge in [0.15, 0.2) is 0 Å².